The van der Waals surface area contributed by atoms with Gasteiger partial charge < -0.3 is 10.4 Å². The molecule has 2 aliphatic rings. The highest BCUT2D eigenvalue weighted by Gasteiger charge is 2.49. The normalized spacial score (nSPS) is 38.6. The van der Waals surface area contributed by atoms with Crippen molar-refractivity contribution in [2.24, 2.45) is 11.8 Å². The quantitative estimate of drug-likeness (QED) is 0.670. The van der Waals surface area contributed by atoms with Gasteiger partial charge in [0.1, 0.15) is 0 Å². The summed E-state index contributed by atoms with van der Waals surface area (Å²) in [4.78, 5) is 2.45. The monoisotopic (exact) mass is 198 g/mol. The standard InChI is InChI=1S/C11H22N2O/c1-8(14)6-13-7-9-4-12-5-10(9)11(13,2)3/h8-10,12,14H,4-7H2,1-3H3/t8-,9?,10?/m0/s1. The average Bonchev–Trinajstić information content (AvgIpc) is 2.57. The van der Waals surface area contributed by atoms with Crippen LogP contribution in [0.3, 0.4) is 0 Å². The van der Waals surface area contributed by atoms with Crippen LogP contribution < -0.4 is 5.32 Å². The molecule has 2 saturated heterocycles. The summed E-state index contributed by atoms with van der Waals surface area (Å²) in [6.07, 6.45) is -0.207. The lowest BCUT2D eigenvalue weighted by Crippen LogP contribution is -2.47. The Morgan fingerprint density at radius 2 is 2.21 bits per heavy atom. The molecule has 3 heteroatoms. The fourth-order valence-corrected chi connectivity index (χ4v) is 3.13. The third-order valence-electron chi connectivity index (χ3n) is 4.00. The van der Waals surface area contributed by atoms with Crippen LogP contribution in [0.5, 0.6) is 0 Å². The number of nitrogens with one attached hydrogen (secondary N) is 1. The smallest absolute Gasteiger partial charge is 0.0639 e. The number of aliphatic hydroxyl groups excluding tert-OH is 1. The van der Waals surface area contributed by atoms with Crippen molar-refractivity contribution >= 4 is 0 Å². The number of hydrogen-bond donors (Lipinski definition) is 2. The number of aliphatic hydroxyl groups is 1. The Morgan fingerprint density at radius 1 is 1.50 bits per heavy atom. The van der Waals surface area contributed by atoms with Crippen molar-refractivity contribution in [2.45, 2.75) is 32.4 Å². The average molecular weight is 198 g/mol. The van der Waals surface area contributed by atoms with Crippen LogP contribution in [0.15, 0.2) is 0 Å². The van der Waals surface area contributed by atoms with Crippen molar-refractivity contribution in [3.8, 4) is 0 Å². The van der Waals surface area contributed by atoms with E-state index in [1.807, 2.05) is 6.92 Å². The molecule has 2 heterocycles. The van der Waals surface area contributed by atoms with Gasteiger partial charge in [-0.1, -0.05) is 0 Å². The highest BCUT2D eigenvalue weighted by Crippen LogP contribution is 2.40. The molecule has 0 radical (unpaired) electrons. The predicted molar refractivity (Wildman–Crippen MR) is 57.2 cm³/mol. The van der Waals surface area contributed by atoms with Gasteiger partial charge >= 0.3 is 0 Å². The number of nitrogens with zero attached hydrogens (tertiary/aromatic N) is 1. The first kappa shape index (κ1) is 10.4. The molecule has 2 aliphatic heterocycles. The Hall–Kier alpha value is -0.120. The van der Waals surface area contributed by atoms with E-state index in [2.05, 4.69) is 24.1 Å². The van der Waals surface area contributed by atoms with Crippen LogP contribution in [0.25, 0.3) is 0 Å². The van der Waals surface area contributed by atoms with Gasteiger partial charge in [-0.25, -0.2) is 0 Å². The van der Waals surface area contributed by atoms with Crippen LogP contribution in [0.2, 0.25) is 0 Å². The molecule has 0 aromatic heterocycles. The molecule has 2 fully saturated rings. The topological polar surface area (TPSA) is 35.5 Å². The maximum absolute atomic E-state index is 9.45. The molecule has 0 aromatic rings. The molecule has 82 valence electrons. The third kappa shape index (κ3) is 1.58. The van der Waals surface area contributed by atoms with Crippen molar-refractivity contribution in [2.75, 3.05) is 26.2 Å². The zero-order valence-corrected chi connectivity index (χ0v) is 9.45. The van der Waals surface area contributed by atoms with E-state index in [9.17, 15) is 5.11 Å². The minimum Gasteiger partial charge on any atom is -0.392 e. The minimum absolute atomic E-state index is 0.207. The number of β-amino-alcohol motifs (C(OH)–C–C–N with tert-alkyl or cyclic N) is 1. The summed E-state index contributed by atoms with van der Waals surface area (Å²) in [5.74, 6) is 1.56. The molecule has 0 saturated carbocycles. The summed E-state index contributed by atoms with van der Waals surface area (Å²) in [6.45, 7) is 10.8. The SMILES string of the molecule is C[C@H](O)CN1CC2CNCC2C1(C)C. The zero-order valence-electron chi connectivity index (χ0n) is 9.45. The van der Waals surface area contributed by atoms with Crippen molar-refractivity contribution in [1.82, 2.24) is 10.2 Å². The van der Waals surface area contributed by atoms with Gasteiger partial charge in [0.05, 0.1) is 6.10 Å². The first-order valence-electron chi connectivity index (χ1n) is 5.65. The highest BCUT2D eigenvalue weighted by atomic mass is 16.3. The zero-order chi connectivity index (χ0) is 10.3. The summed E-state index contributed by atoms with van der Waals surface area (Å²) in [7, 11) is 0. The minimum atomic E-state index is -0.207. The molecule has 0 aromatic carbocycles. The van der Waals surface area contributed by atoms with Crippen molar-refractivity contribution in [1.29, 1.82) is 0 Å². The summed E-state index contributed by atoms with van der Waals surface area (Å²) in [5, 5.41) is 12.9. The van der Waals surface area contributed by atoms with Crippen molar-refractivity contribution in [3.05, 3.63) is 0 Å². The lowest BCUT2D eigenvalue weighted by Gasteiger charge is -2.36. The number of rotatable bonds is 2. The van der Waals surface area contributed by atoms with Crippen LogP contribution in [0, 0.1) is 11.8 Å². The van der Waals surface area contributed by atoms with Crippen LogP contribution in [-0.4, -0.2) is 47.8 Å². The third-order valence-corrected chi connectivity index (χ3v) is 4.00. The maximum atomic E-state index is 9.45. The fourth-order valence-electron chi connectivity index (χ4n) is 3.13. The molecule has 0 amide bonds. The van der Waals surface area contributed by atoms with E-state index in [1.165, 1.54) is 0 Å². The largest absolute Gasteiger partial charge is 0.392 e. The van der Waals surface area contributed by atoms with Gasteiger partial charge in [-0.05, 0) is 39.2 Å². The number of likely N-dealkylation sites (tertiary alicyclic amines) is 1. The van der Waals surface area contributed by atoms with Gasteiger partial charge in [0.25, 0.3) is 0 Å². The van der Waals surface area contributed by atoms with Gasteiger partial charge in [0.15, 0.2) is 0 Å². The van der Waals surface area contributed by atoms with Gasteiger partial charge in [0, 0.05) is 25.2 Å². The molecule has 0 spiro atoms. The van der Waals surface area contributed by atoms with Gasteiger partial charge in [-0.15, -0.1) is 0 Å². The fraction of sp³-hybridized carbons (Fsp3) is 1.00. The summed E-state index contributed by atoms with van der Waals surface area (Å²) in [5.41, 5.74) is 0.255. The van der Waals surface area contributed by atoms with E-state index < -0.39 is 0 Å². The Kier molecular flexibility index (Phi) is 2.58. The first-order valence-corrected chi connectivity index (χ1v) is 5.65. The van der Waals surface area contributed by atoms with Crippen LogP contribution in [-0.2, 0) is 0 Å². The van der Waals surface area contributed by atoms with Crippen molar-refractivity contribution in [3.63, 3.8) is 0 Å². The van der Waals surface area contributed by atoms with Crippen LogP contribution >= 0.6 is 0 Å². The lowest BCUT2D eigenvalue weighted by atomic mass is 9.85. The van der Waals surface area contributed by atoms with E-state index in [4.69, 9.17) is 0 Å². The van der Waals surface area contributed by atoms with E-state index >= 15 is 0 Å². The Labute approximate surface area is 86.5 Å². The molecule has 14 heavy (non-hydrogen) atoms. The molecule has 3 nitrogen and oxygen atoms in total. The van der Waals surface area contributed by atoms with Crippen molar-refractivity contribution < 1.29 is 5.11 Å². The lowest BCUT2D eigenvalue weighted by molar-refractivity contribution is 0.0729. The molecule has 2 unspecified atom stereocenters. The molecule has 2 N–H and O–H groups in total. The molecule has 2 rings (SSSR count). The van der Waals surface area contributed by atoms with E-state index in [0.29, 0.717) is 0 Å². The molecular formula is C11H22N2O. The van der Waals surface area contributed by atoms with E-state index in [0.717, 1.165) is 38.0 Å². The summed E-state index contributed by atoms with van der Waals surface area (Å²) >= 11 is 0. The van der Waals surface area contributed by atoms with Gasteiger partial charge in [-0.2, -0.15) is 0 Å². The molecule has 3 atom stereocenters. The number of fused-ring (bicyclic) bond motifs is 1. The Morgan fingerprint density at radius 3 is 2.79 bits per heavy atom. The first-order chi connectivity index (χ1) is 6.51. The van der Waals surface area contributed by atoms with Crippen LogP contribution in [0.4, 0.5) is 0 Å². The van der Waals surface area contributed by atoms with Crippen LogP contribution in [0.1, 0.15) is 20.8 Å². The van der Waals surface area contributed by atoms with E-state index in [1.54, 1.807) is 0 Å². The number of hydrogen-bond acceptors (Lipinski definition) is 3. The molecule has 0 bridgehead atoms. The Bertz CT molecular complexity index is 215. The summed E-state index contributed by atoms with van der Waals surface area (Å²) in [6, 6.07) is 0. The highest BCUT2D eigenvalue weighted by molar-refractivity contribution is 5.04. The second-order valence-corrected chi connectivity index (χ2v) is 5.43. The van der Waals surface area contributed by atoms with Gasteiger partial charge in [-0.3, -0.25) is 4.90 Å². The second-order valence-electron chi connectivity index (χ2n) is 5.43. The van der Waals surface area contributed by atoms with E-state index in [-0.39, 0.29) is 11.6 Å². The molecule has 0 aliphatic carbocycles. The van der Waals surface area contributed by atoms with Gasteiger partial charge in [0.2, 0.25) is 0 Å². The Balaban J connectivity index is 2.07. The maximum Gasteiger partial charge on any atom is 0.0639 e. The second kappa shape index (κ2) is 3.47. The summed E-state index contributed by atoms with van der Waals surface area (Å²) < 4.78 is 0. The predicted octanol–water partition coefficient (Wildman–Crippen LogP) is 0.297. The molecular weight excluding hydrogens is 176 g/mol.